The molecular weight excluding hydrogens is 354 g/mol. The summed E-state index contributed by atoms with van der Waals surface area (Å²) in [5, 5.41) is 2.94. The minimum Gasteiger partial charge on any atom is -0.436 e. The van der Waals surface area contributed by atoms with Crippen molar-refractivity contribution in [2.24, 2.45) is 0 Å². The third kappa shape index (κ3) is 4.34. The molecular formula is C22H25N3O3. The SMILES string of the molecule is CN(CCC[C@@H]1CCCO1)C(=O)Nc1ccc2oc(-c3ccccc3)nc2c1. The zero-order valence-electron chi connectivity index (χ0n) is 16.1. The van der Waals surface area contributed by atoms with Crippen molar-refractivity contribution in [3.63, 3.8) is 0 Å². The van der Waals surface area contributed by atoms with Crippen LogP contribution in [-0.4, -0.2) is 42.2 Å². The number of urea groups is 1. The number of oxazole rings is 1. The van der Waals surface area contributed by atoms with Gasteiger partial charge in [-0.05, 0) is 56.0 Å². The Balaban J connectivity index is 1.36. The lowest BCUT2D eigenvalue weighted by atomic mass is 10.1. The van der Waals surface area contributed by atoms with Crippen LogP contribution in [0.15, 0.2) is 52.9 Å². The summed E-state index contributed by atoms with van der Waals surface area (Å²) < 4.78 is 11.4. The smallest absolute Gasteiger partial charge is 0.321 e. The fraction of sp³-hybridized carbons (Fsp3) is 0.364. The fourth-order valence-electron chi connectivity index (χ4n) is 3.46. The molecule has 0 aliphatic carbocycles. The number of nitrogens with zero attached hydrogens (tertiary/aromatic N) is 2. The van der Waals surface area contributed by atoms with Gasteiger partial charge in [0.25, 0.3) is 0 Å². The van der Waals surface area contributed by atoms with Crippen LogP contribution < -0.4 is 5.32 Å². The standard InChI is InChI=1S/C22H25N3O3/c1-25(13-5-9-18-10-6-14-27-18)22(26)23-17-11-12-20-19(15-17)24-21(28-20)16-7-3-2-4-8-16/h2-4,7-8,11-12,15,18H,5-6,9-10,13-14H2,1H3,(H,23,26)/t18-/m1/s1. The molecule has 1 saturated heterocycles. The highest BCUT2D eigenvalue weighted by Crippen LogP contribution is 2.26. The zero-order chi connectivity index (χ0) is 19.3. The molecule has 0 spiro atoms. The van der Waals surface area contributed by atoms with Gasteiger partial charge in [-0.15, -0.1) is 0 Å². The normalized spacial score (nSPS) is 16.4. The van der Waals surface area contributed by atoms with E-state index in [4.69, 9.17) is 9.15 Å². The number of nitrogens with one attached hydrogen (secondary N) is 1. The molecule has 3 aromatic rings. The largest absolute Gasteiger partial charge is 0.436 e. The Kier molecular flexibility index (Phi) is 5.58. The summed E-state index contributed by atoms with van der Waals surface area (Å²) in [5.41, 5.74) is 3.05. The topological polar surface area (TPSA) is 67.6 Å². The average Bonchev–Trinajstić information content (AvgIpc) is 3.38. The molecule has 2 heterocycles. The van der Waals surface area contributed by atoms with E-state index in [-0.39, 0.29) is 6.03 Å². The molecule has 1 aliphatic rings. The molecule has 0 radical (unpaired) electrons. The number of carbonyl (C=O) groups excluding carboxylic acids is 1. The summed E-state index contributed by atoms with van der Waals surface area (Å²) in [4.78, 5) is 18.7. The molecule has 4 rings (SSSR count). The van der Waals surface area contributed by atoms with Crippen LogP contribution in [0.5, 0.6) is 0 Å². The predicted molar refractivity (Wildman–Crippen MR) is 109 cm³/mol. The Morgan fingerprint density at radius 2 is 2.11 bits per heavy atom. The van der Waals surface area contributed by atoms with Gasteiger partial charge in [0.1, 0.15) is 5.52 Å². The van der Waals surface area contributed by atoms with E-state index < -0.39 is 0 Å². The lowest BCUT2D eigenvalue weighted by Gasteiger charge is -2.19. The highest BCUT2D eigenvalue weighted by atomic mass is 16.5. The number of carbonyl (C=O) groups is 1. The molecule has 1 aromatic heterocycles. The molecule has 2 amide bonds. The Morgan fingerprint density at radius 3 is 2.89 bits per heavy atom. The van der Waals surface area contributed by atoms with Crippen LogP contribution in [0.2, 0.25) is 0 Å². The summed E-state index contributed by atoms with van der Waals surface area (Å²) in [5.74, 6) is 0.574. The Hall–Kier alpha value is -2.86. The summed E-state index contributed by atoms with van der Waals surface area (Å²) >= 11 is 0. The van der Waals surface area contributed by atoms with Crippen LogP contribution in [-0.2, 0) is 4.74 Å². The number of benzene rings is 2. The van der Waals surface area contributed by atoms with E-state index in [9.17, 15) is 4.79 Å². The molecule has 0 unspecified atom stereocenters. The van der Waals surface area contributed by atoms with Crippen LogP contribution >= 0.6 is 0 Å². The average molecular weight is 379 g/mol. The number of aromatic nitrogens is 1. The molecule has 1 aliphatic heterocycles. The number of amides is 2. The van der Waals surface area contributed by atoms with Gasteiger partial charge in [-0.1, -0.05) is 18.2 Å². The Labute approximate surface area is 164 Å². The summed E-state index contributed by atoms with van der Waals surface area (Å²) in [6.07, 6.45) is 4.60. The predicted octanol–water partition coefficient (Wildman–Crippen LogP) is 4.92. The van der Waals surface area contributed by atoms with Crippen LogP contribution in [0, 0.1) is 0 Å². The van der Waals surface area contributed by atoms with Crippen LogP contribution in [0.1, 0.15) is 25.7 Å². The van der Waals surface area contributed by atoms with Crippen molar-refractivity contribution in [1.29, 1.82) is 0 Å². The van der Waals surface area contributed by atoms with Crippen LogP contribution in [0.3, 0.4) is 0 Å². The second-order valence-corrected chi connectivity index (χ2v) is 7.20. The number of fused-ring (bicyclic) bond motifs is 1. The summed E-state index contributed by atoms with van der Waals surface area (Å²) in [7, 11) is 1.81. The molecule has 6 heteroatoms. The molecule has 1 atom stereocenters. The van der Waals surface area contributed by atoms with Crippen molar-refractivity contribution in [2.75, 3.05) is 25.5 Å². The Bertz CT molecular complexity index is 933. The first-order chi connectivity index (χ1) is 13.7. The zero-order valence-corrected chi connectivity index (χ0v) is 16.1. The van der Waals surface area contributed by atoms with Gasteiger partial charge in [0.05, 0.1) is 6.10 Å². The van der Waals surface area contributed by atoms with Gasteiger partial charge < -0.3 is 19.4 Å². The van der Waals surface area contributed by atoms with Crippen molar-refractivity contribution in [2.45, 2.75) is 31.8 Å². The fourth-order valence-corrected chi connectivity index (χ4v) is 3.46. The van der Waals surface area contributed by atoms with Gasteiger partial charge in [-0.2, -0.15) is 0 Å². The molecule has 0 bridgehead atoms. The van der Waals surface area contributed by atoms with Gasteiger partial charge in [0.15, 0.2) is 5.58 Å². The monoisotopic (exact) mass is 379 g/mol. The lowest BCUT2D eigenvalue weighted by Crippen LogP contribution is -2.32. The third-order valence-corrected chi connectivity index (χ3v) is 5.05. The minimum atomic E-state index is -0.126. The minimum absolute atomic E-state index is 0.126. The van der Waals surface area contributed by atoms with Crippen molar-refractivity contribution in [1.82, 2.24) is 9.88 Å². The maximum Gasteiger partial charge on any atom is 0.321 e. The van der Waals surface area contributed by atoms with Gasteiger partial charge >= 0.3 is 6.03 Å². The number of rotatable bonds is 6. The molecule has 6 nitrogen and oxygen atoms in total. The van der Waals surface area contributed by atoms with Crippen molar-refractivity contribution in [3.05, 3.63) is 48.5 Å². The Morgan fingerprint density at radius 1 is 1.25 bits per heavy atom. The molecule has 146 valence electrons. The number of hydrogen-bond donors (Lipinski definition) is 1. The first kappa shape index (κ1) is 18.5. The van der Waals surface area contributed by atoms with E-state index >= 15 is 0 Å². The first-order valence-electron chi connectivity index (χ1n) is 9.79. The third-order valence-electron chi connectivity index (χ3n) is 5.05. The number of anilines is 1. The molecule has 0 saturated carbocycles. The quantitative estimate of drug-likeness (QED) is 0.660. The van der Waals surface area contributed by atoms with Crippen molar-refractivity contribution < 1.29 is 13.9 Å². The van der Waals surface area contributed by atoms with E-state index in [2.05, 4.69) is 10.3 Å². The highest BCUT2D eigenvalue weighted by Gasteiger charge is 2.16. The van der Waals surface area contributed by atoms with E-state index in [1.165, 1.54) is 0 Å². The lowest BCUT2D eigenvalue weighted by molar-refractivity contribution is 0.101. The maximum absolute atomic E-state index is 12.4. The summed E-state index contributed by atoms with van der Waals surface area (Å²) in [6, 6.07) is 15.1. The second kappa shape index (κ2) is 8.44. The van der Waals surface area contributed by atoms with Gasteiger partial charge in [-0.3, -0.25) is 0 Å². The second-order valence-electron chi connectivity index (χ2n) is 7.20. The van der Waals surface area contributed by atoms with Crippen molar-refractivity contribution in [3.8, 4) is 11.5 Å². The number of ether oxygens (including phenoxy) is 1. The van der Waals surface area contributed by atoms with E-state index in [1.54, 1.807) is 4.90 Å². The van der Waals surface area contributed by atoms with E-state index in [1.807, 2.05) is 55.6 Å². The van der Waals surface area contributed by atoms with E-state index in [0.717, 1.165) is 43.4 Å². The number of hydrogen-bond acceptors (Lipinski definition) is 4. The van der Waals surface area contributed by atoms with Crippen molar-refractivity contribution >= 4 is 22.8 Å². The van der Waals surface area contributed by atoms with Gasteiger partial charge in [-0.25, -0.2) is 9.78 Å². The van der Waals surface area contributed by atoms with Crippen LogP contribution in [0.4, 0.5) is 10.5 Å². The van der Waals surface area contributed by atoms with Gasteiger partial charge in [0, 0.05) is 31.5 Å². The molecule has 1 fully saturated rings. The molecule has 28 heavy (non-hydrogen) atoms. The first-order valence-corrected chi connectivity index (χ1v) is 9.79. The summed E-state index contributed by atoms with van der Waals surface area (Å²) in [6.45, 7) is 1.58. The molecule has 1 N–H and O–H groups in total. The molecule has 2 aromatic carbocycles. The highest BCUT2D eigenvalue weighted by molar-refractivity contribution is 5.91. The van der Waals surface area contributed by atoms with Crippen LogP contribution in [0.25, 0.3) is 22.6 Å². The van der Waals surface area contributed by atoms with Gasteiger partial charge in [0.2, 0.25) is 5.89 Å². The maximum atomic E-state index is 12.4. The van der Waals surface area contributed by atoms with E-state index in [0.29, 0.717) is 29.8 Å².